The number of hydrogen-bond acceptors (Lipinski definition) is 4. The van der Waals surface area contributed by atoms with E-state index in [1.807, 2.05) is 18.2 Å². The van der Waals surface area contributed by atoms with Crippen LogP contribution in [-0.2, 0) is 9.53 Å². The third kappa shape index (κ3) is 2.69. The van der Waals surface area contributed by atoms with Gasteiger partial charge in [0.2, 0.25) is 11.0 Å². The summed E-state index contributed by atoms with van der Waals surface area (Å²) in [6.45, 7) is 7.19. The predicted molar refractivity (Wildman–Crippen MR) is 85.0 cm³/mol. The van der Waals surface area contributed by atoms with Gasteiger partial charge in [0.1, 0.15) is 5.92 Å². The summed E-state index contributed by atoms with van der Waals surface area (Å²) in [4.78, 5) is 20.7. The quantitative estimate of drug-likeness (QED) is 0.579. The number of morpholine rings is 1. The van der Waals surface area contributed by atoms with Gasteiger partial charge in [-0.2, -0.15) is 0 Å². The Kier molecular flexibility index (Phi) is 3.98. The Hall–Kier alpha value is -1.79. The molecule has 6 heteroatoms. The van der Waals surface area contributed by atoms with E-state index in [0.29, 0.717) is 11.7 Å². The molecule has 0 aromatic heterocycles. The molecule has 1 atom stereocenters. The van der Waals surface area contributed by atoms with E-state index in [9.17, 15) is 4.79 Å². The molecule has 5 nitrogen and oxygen atoms in total. The van der Waals surface area contributed by atoms with Crippen LogP contribution in [0.4, 0.5) is 0 Å². The summed E-state index contributed by atoms with van der Waals surface area (Å²) in [5.41, 5.74) is 1.78. The second kappa shape index (κ2) is 5.91. The van der Waals surface area contributed by atoms with Gasteiger partial charge in [0.15, 0.2) is 0 Å². The van der Waals surface area contributed by atoms with Gasteiger partial charge in [-0.05, 0) is 30.4 Å². The number of carbonyl (C=O) groups is 1. The minimum Gasteiger partial charge on any atom is -0.378 e. The predicted octanol–water partition coefficient (Wildman–Crippen LogP) is 1.14. The fourth-order valence-corrected chi connectivity index (χ4v) is 2.92. The van der Waals surface area contributed by atoms with Crippen molar-refractivity contribution >= 4 is 28.9 Å². The summed E-state index contributed by atoms with van der Waals surface area (Å²) >= 11 is 5.18. The standard InChI is InChI=1S/C15H17N3O2S/c1-2-5-18-14(19)12-10-11(17-6-8-20-9-7-17)3-4-13(12)16-15(18)21/h2-4,10,12H,1,5-9H2. The van der Waals surface area contributed by atoms with E-state index in [0.717, 1.165) is 37.7 Å². The molecular formula is C15H17N3O2S. The number of thiocarbonyl (C=S) groups is 1. The van der Waals surface area contributed by atoms with Crippen LogP contribution in [0.25, 0.3) is 0 Å². The topological polar surface area (TPSA) is 45.1 Å². The van der Waals surface area contributed by atoms with E-state index < -0.39 is 0 Å². The number of fused-ring (bicyclic) bond motifs is 1. The van der Waals surface area contributed by atoms with Gasteiger partial charge in [-0.15, -0.1) is 6.58 Å². The maximum absolute atomic E-state index is 12.6. The molecule has 110 valence electrons. The van der Waals surface area contributed by atoms with E-state index in [4.69, 9.17) is 17.0 Å². The molecule has 0 radical (unpaired) electrons. The minimum absolute atomic E-state index is 0.0278. The molecule has 2 aliphatic heterocycles. The zero-order valence-corrected chi connectivity index (χ0v) is 12.5. The first kappa shape index (κ1) is 14.2. The highest BCUT2D eigenvalue weighted by molar-refractivity contribution is 7.80. The SMILES string of the molecule is C=CCN1C(=O)C2C=C(N3CCOCC3)C=CC2=NC1=S. The van der Waals surface area contributed by atoms with Gasteiger partial charge in [-0.1, -0.05) is 6.08 Å². The van der Waals surface area contributed by atoms with Crippen molar-refractivity contribution in [3.05, 3.63) is 36.6 Å². The molecule has 1 unspecified atom stereocenters. The van der Waals surface area contributed by atoms with Gasteiger partial charge in [0, 0.05) is 25.3 Å². The van der Waals surface area contributed by atoms with Gasteiger partial charge >= 0.3 is 0 Å². The number of amides is 1. The van der Waals surface area contributed by atoms with Crippen molar-refractivity contribution in [1.82, 2.24) is 9.80 Å². The molecular weight excluding hydrogens is 286 g/mol. The van der Waals surface area contributed by atoms with Gasteiger partial charge in [0.05, 0.1) is 18.9 Å². The number of aliphatic imine (C=N–C) groups is 1. The highest BCUT2D eigenvalue weighted by atomic mass is 32.1. The molecule has 0 bridgehead atoms. The first-order valence-electron chi connectivity index (χ1n) is 6.98. The third-order valence-electron chi connectivity index (χ3n) is 3.76. The van der Waals surface area contributed by atoms with Crippen LogP contribution in [0.15, 0.2) is 41.6 Å². The monoisotopic (exact) mass is 303 g/mol. The molecule has 1 amide bonds. The van der Waals surface area contributed by atoms with Crippen molar-refractivity contribution in [1.29, 1.82) is 0 Å². The molecule has 0 N–H and O–H groups in total. The Labute approximate surface area is 129 Å². The molecule has 1 saturated heterocycles. The van der Waals surface area contributed by atoms with Crippen LogP contribution in [0.2, 0.25) is 0 Å². The largest absolute Gasteiger partial charge is 0.378 e. The molecule has 3 rings (SSSR count). The van der Waals surface area contributed by atoms with Crippen LogP contribution in [0.1, 0.15) is 0 Å². The van der Waals surface area contributed by atoms with Crippen LogP contribution >= 0.6 is 12.2 Å². The van der Waals surface area contributed by atoms with E-state index in [1.165, 1.54) is 4.90 Å². The molecule has 0 aromatic rings. The van der Waals surface area contributed by atoms with E-state index in [1.54, 1.807) is 6.08 Å². The Morgan fingerprint density at radius 3 is 2.90 bits per heavy atom. The summed E-state index contributed by atoms with van der Waals surface area (Å²) < 4.78 is 5.36. The summed E-state index contributed by atoms with van der Waals surface area (Å²) in [6.07, 6.45) is 7.53. The Balaban J connectivity index is 1.86. The first-order valence-corrected chi connectivity index (χ1v) is 7.39. The zero-order valence-electron chi connectivity index (χ0n) is 11.7. The lowest BCUT2D eigenvalue weighted by atomic mass is 9.93. The lowest BCUT2D eigenvalue weighted by molar-refractivity contribution is -0.128. The molecule has 3 aliphatic rings. The lowest BCUT2D eigenvalue weighted by Crippen LogP contribution is -2.47. The smallest absolute Gasteiger partial charge is 0.242 e. The maximum Gasteiger partial charge on any atom is 0.242 e. The minimum atomic E-state index is -0.348. The molecule has 0 aromatic carbocycles. The van der Waals surface area contributed by atoms with Gasteiger partial charge in [-0.3, -0.25) is 9.69 Å². The molecule has 2 heterocycles. The van der Waals surface area contributed by atoms with Crippen molar-refractivity contribution in [2.45, 2.75) is 0 Å². The maximum atomic E-state index is 12.6. The molecule has 1 fully saturated rings. The number of ether oxygens (including phenoxy) is 1. The van der Waals surface area contributed by atoms with Crippen LogP contribution in [0.5, 0.6) is 0 Å². The average Bonchev–Trinajstić information content (AvgIpc) is 2.52. The van der Waals surface area contributed by atoms with Gasteiger partial charge in [0.25, 0.3) is 0 Å². The highest BCUT2D eigenvalue weighted by Crippen LogP contribution is 2.24. The highest BCUT2D eigenvalue weighted by Gasteiger charge is 2.34. The van der Waals surface area contributed by atoms with Crippen molar-refractivity contribution in [2.75, 3.05) is 32.8 Å². The van der Waals surface area contributed by atoms with Crippen LogP contribution in [0.3, 0.4) is 0 Å². The fraction of sp³-hybridized carbons (Fsp3) is 0.400. The lowest BCUT2D eigenvalue weighted by Gasteiger charge is -2.34. The number of hydrogen-bond donors (Lipinski definition) is 0. The second-order valence-electron chi connectivity index (χ2n) is 5.06. The van der Waals surface area contributed by atoms with E-state index >= 15 is 0 Å². The number of allylic oxidation sites excluding steroid dienone is 2. The Morgan fingerprint density at radius 1 is 1.43 bits per heavy atom. The van der Waals surface area contributed by atoms with Gasteiger partial charge < -0.3 is 9.64 Å². The number of rotatable bonds is 3. The van der Waals surface area contributed by atoms with Crippen molar-refractivity contribution < 1.29 is 9.53 Å². The normalized spacial score (nSPS) is 25.4. The number of nitrogens with zero attached hydrogens (tertiary/aromatic N) is 3. The van der Waals surface area contributed by atoms with E-state index in [-0.39, 0.29) is 11.8 Å². The zero-order chi connectivity index (χ0) is 14.8. The summed E-state index contributed by atoms with van der Waals surface area (Å²) in [6, 6.07) is 0. The molecule has 21 heavy (non-hydrogen) atoms. The van der Waals surface area contributed by atoms with Crippen LogP contribution < -0.4 is 0 Å². The first-order chi connectivity index (χ1) is 10.2. The fourth-order valence-electron chi connectivity index (χ4n) is 2.65. The molecule has 0 saturated carbocycles. The third-order valence-corrected chi connectivity index (χ3v) is 4.07. The average molecular weight is 303 g/mol. The van der Waals surface area contributed by atoms with E-state index in [2.05, 4.69) is 16.5 Å². The Bertz CT molecular complexity index is 573. The summed E-state index contributed by atoms with van der Waals surface area (Å²) in [5.74, 6) is -0.375. The van der Waals surface area contributed by atoms with Gasteiger partial charge in [-0.25, -0.2) is 4.99 Å². The molecule has 0 spiro atoms. The van der Waals surface area contributed by atoms with Crippen molar-refractivity contribution in [3.8, 4) is 0 Å². The summed E-state index contributed by atoms with van der Waals surface area (Å²) in [7, 11) is 0. The Morgan fingerprint density at radius 2 is 2.19 bits per heavy atom. The summed E-state index contributed by atoms with van der Waals surface area (Å²) in [5, 5.41) is 0.319. The number of carbonyl (C=O) groups excluding carboxylic acids is 1. The van der Waals surface area contributed by atoms with Crippen LogP contribution in [0, 0.1) is 5.92 Å². The second-order valence-corrected chi connectivity index (χ2v) is 5.42. The van der Waals surface area contributed by atoms with Crippen molar-refractivity contribution in [3.63, 3.8) is 0 Å². The van der Waals surface area contributed by atoms with Crippen molar-refractivity contribution in [2.24, 2.45) is 10.9 Å². The molecule has 1 aliphatic carbocycles. The van der Waals surface area contributed by atoms with Crippen LogP contribution in [-0.4, -0.2) is 59.4 Å².